The summed E-state index contributed by atoms with van der Waals surface area (Å²) in [5.41, 5.74) is 1.67. The van der Waals surface area contributed by atoms with E-state index in [1.807, 2.05) is 12.1 Å². The highest BCUT2D eigenvalue weighted by Gasteiger charge is 2.07. The van der Waals surface area contributed by atoms with Gasteiger partial charge in [0.05, 0.1) is 11.6 Å². The Labute approximate surface area is 143 Å². The van der Waals surface area contributed by atoms with E-state index in [1.165, 1.54) is 11.3 Å². The van der Waals surface area contributed by atoms with Gasteiger partial charge in [0.25, 0.3) is 0 Å². The van der Waals surface area contributed by atoms with Crippen LogP contribution >= 0.6 is 11.3 Å². The molecule has 1 heterocycles. The lowest BCUT2D eigenvalue weighted by Crippen LogP contribution is -2.29. The molecule has 2 aromatic rings. The zero-order valence-electron chi connectivity index (χ0n) is 12.8. The first kappa shape index (κ1) is 17.4. The Morgan fingerprint density at radius 3 is 2.71 bits per heavy atom. The second-order valence-corrected chi connectivity index (χ2v) is 6.11. The van der Waals surface area contributed by atoms with Crippen LogP contribution in [0.4, 0.5) is 9.93 Å². The van der Waals surface area contributed by atoms with Crippen molar-refractivity contribution in [2.45, 2.75) is 19.3 Å². The number of aromatic nitrogens is 1. The summed E-state index contributed by atoms with van der Waals surface area (Å²) in [5.74, 6) is -0.885. The number of urea groups is 1. The van der Waals surface area contributed by atoms with Gasteiger partial charge in [-0.05, 0) is 24.1 Å². The number of carbonyl (C=O) groups is 2. The molecule has 0 atom stereocenters. The first-order valence-corrected chi connectivity index (χ1v) is 8.09. The molecular formula is C16H16N4O3S. The van der Waals surface area contributed by atoms with Crippen LogP contribution in [0.3, 0.4) is 0 Å². The van der Waals surface area contributed by atoms with Crippen molar-refractivity contribution in [1.29, 1.82) is 5.26 Å². The number of nitrogens with one attached hydrogen (secondary N) is 2. The third-order valence-corrected chi connectivity index (χ3v) is 4.00. The van der Waals surface area contributed by atoms with Gasteiger partial charge in [-0.2, -0.15) is 5.26 Å². The number of hydrogen-bond acceptors (Lipinski definition) is 5. The van der Waals surface area contributed by atoms with Crippen molar-refractivity contribution in [3.8, 4) is 6.07 Å². The molecule has 0 radical (unpaired) electrons. The van der Waals surface area contributed by atoms with Crippen molar-refractivity contribution in [2.24, 2.45) is 0 Å². The minimum absolute atomic E-state index is 0.0201. The van der Waals surface area contributed by atoms with E-state index >= 15 is 0 Å². The second-order valence-electron chi connectivity index (χ2n) is 5.00. The van der Waals surface area contributed by atoms with Gasteiger partial charge in [0.1, 0.15) is 0 Å². The number of aliphatic carboxylic acids is 1. The van der Waals surface area contributed by atoms with Crippen molar-refractivity contribution >= 4 is 28.5 Å². The van der Waals surface area contributed by atoms with Gasteiger partial charge in [0.15, 0.2) is 5.13 Å². The summed E-state index contributed by atoms with van der Waals surface area (Å²) in [6, 6.07) is 8.98. The molecule has 124 valence electrons. The van der Waals surface area contributed by atoms with E-state index in [9.17, 15) is 9.59 Å². The lowest BCUT2D eigenvalue weighted by molar-refractivity contribution is -0.137. The van der Waals surface area contributed by atoms with Crippen LogP contribution in [-0.2, 0) is 11.2 Å². The van der Waals surface area contributed by atoms with Gasteiger partial charge >= 0.3 is 12.0 Å². The maximum atomic E-state index is 11.7. The quantitative estimate of drug-likeness (QED) is 0.668. The van der Waals surface area contributed by atoms with Crippen LogP contribution in [0.15, 0.2) is 30.5 Å². The van der Waals surface area contributed by atoms with E-state index in [2.05, 4.69) is 21.7 Å². The van der Waals surface area contributed by atoms with E-state index in [1.54, 1.807) is 18.3 Å². The number of benzene rings is 1. The average molecular weight is 344 g/mol. The second kappa shape index (κ2) is 8.64. The van der Waals surface area contributed by atoms with E-state index in [0.29, 0.717) is 30.1 Å². The molecule has 0 spiro atoms. The topological polar surface area (TPSA) is 115 Å². The van der Waals surface area contributed by atoms with Crippen molar-refractivity contribution in [2.75, 3.05) is 11.9 Å². The monoisotopic (exact) mass is 344 g/mol. The molecule has 0 aliphatic rings. The van der Waals surface area contributed by atoms with E-state index in [4.69, 9.17) is 10.4 Å². The van der Waals surface area contributed by atoms with Gasteiger partial charge in [0.2, 0.25) is 0 Å². The van der Waals surface area contributed by atoms with Gasteiger partial charge in [-0.15, -0.1) is 11.3 Å². The van der Waals surface area contributed by atoms with Crippen molar-refractivity contribution < 1.29 is 14.7 Å². The fraction of sp³-hybridized carbons (Fsp3) is 0.250. The van der Waals surface area contributed by atoms with Crippen molar-refractivity contribution in [3.05, 3.63) is 46.5 Å². The van der Waals surface area contributed by atoms with Gasteiger partial charge in [-0.1, -0.05) is 12.1 Å². The molecule has 0 fully saturated rings. The number of thiazole rings is 1. The molecule has 0 aliphatic carbocycles. The summed E-state index contributed by atoms with van der Waals surface area (Å²) in [7, 11) is 0. The number of carboxylic acid groups (broad SMARTS) is 1. The summed E-state index contributed by atoms with van der Waals surface area (Å²) in [5, 5.41) is 23.0. The molecule has 0 unspecified atom stereocenters. The summed E-state index contributed by atoms with van der Waals surface area (Å²) in [4.78, 5) is 27.2. The Balaban J connectivity index is 1.80. The molecule has 24 heavy (non-hydrogen) atoms. The van der Waals surface area contributed by atoms with E-state index in [0.717, 1.165) is 10.4 Å². The molecule has 0 bridgehead atoms. The van der Waals surface area contributed by atoms with Crippen LogP contribution in [0.5, 0.6) is 0 Å². The number of amides is 2. The van der Waals surface area contributed by atoms with Crippen LogP contribution in [0.2, 0.25) is 0 Å². The summed E-state index contributed by atoms with van der Waals surface area (Å²) in [6.07, 6.45) is 2.77. The Hall–Kier alpha value is -2.92. The molecule has 1 aromatic carbocycles. The van der Waals surface area contributed by atoms with Gasteiger partial charge < -0.3 is 10.4 Å². The van der Waals surface area contributed by atoms with Gasteiger partial charge in [0, 0.05) is 30.5 Å². The molecule has 7 nitrogen and oxygen atoms in total. The highest BCUT2D eigenvalue weighted by Crippen LogP contribution is 2.21. The van der Waals surface area contributed by atoms with Gasteiger partial charge in [-0.25, -0.2) is 9.78 Å². The molecule has 0 aliphatic heterocycles. The minimum atomic E-state index is -0.885. The van der Waals surface area contributed by atoms with Gasteiger partial charge in [-0.3, -0.25) is 10.1 Å². The normalized spacial score (nSPS) is 9.96. The summed E-state index contributed by atoms with van der Waals surface area (Å²) in [6.45, 7) is 0.293. The third-order valence-electron chi connectivity index (χ3n) is 3.09. The Bertz CT molecular complexity index is 749. The average Bonchev–Trinajstić information content (AvgIpc) is 2.99. The number of rotatable bonds is 7. The zero-order valence-corrected chi connectivity index (χ0v) is 13.6. The van der Waals surface area contributed by atoms with Crippen LogP contribution in [0.1, 0.15) is 28.8 Å². The predicted octanol–water partition coefficient (Wildman–Crippen LogP) is 2.59. The number of carbonyl (C=O) groups excluding carboxylic acids is 1. The first-order valence-electron chi connectivity index (χ1n) is 7.27. The molecule has 0 saturated carbocycles. The molecular weight excluding hydrogens is 328 g/mol. The number of nitrogens with zero attached hydrogens (tertiary/aromatic N) is 2. The lowest BCUT2D eigenvalue weighted by Gasteiger charge is -2.03. The Morgan fingerprint density at radius 1 is 1.29 bits per heavy atom. The van der Waals surface area contributed by atoms with Crippen LogP contribution in [0, 0.1) is 11.3 Å². The lowest BCUT2D eigenvalue weighted by atomic mass is 10.1. The SMILES string of the molecule is N#Cc1ccc(Cc2cnc(NC(=O)NCCCC(=O)O)s2)cc1. The summed E-state index contributed by atoms with van der Waals surface area (Å²) >= 11 is 1.37. The Kier molecular flexibility index (Phi) is 6.28. The fourth-order valence-corrected chi connectivity index (χ4v) is 2.77. The summed E-state index contributed by atoms with van der Waals surface area (Å²) < 4.78 is 0. The third kappa shape index (κ3) is 5.70. The van der Waals surface area contributed by atoms with E-state index < -0.39 is 12.0 Å². The molecule has 3 N–H and O–H groups in total. The standard InChI is InChI=1S/C16H16N4O3S/c17-9-12-5-3-11(4-6-12)8-13-10-19-16(24-13)20-15(23)18-7-1-2-14(21)22/h3-6,10H,1-2,7-8H2,(H,21,22)(H2,18,19,20,23). The highest BCUT2D eigenvalue weighted by atomic mass is 32.1. The molecule has 0 saturated heterocycles. The number of anilines is 1. The molecule has 1 aromatic heterocycles. The number of carboxylic acids is 1. The van der Waals surface area contributed by atoms with Crippen LogP contribution < -0.4 is 10.6 Å². The highest BCUT2D eigenvalue weighted by molar-refractivity contribution is 7.15. The zero-order chi connectivity index (χ0) is 17.4. The molecule has 2 rings (SSSR count). The maximum absolute atomic E-state index is 11.7. The number of nitriles is 1. The fourth-order valence-electron chi connectivity index (χ4n) is 1.93. The maximum Gasteiger partial charge on any atom is 0.321 e. The number of hydrogen-bond donors (Lipinski definition) is 3. The van der Waals surface area contributed by atoms with Crippen molar-refractivity contribution in [1.82, 2.24) is 10.3 Å². The largest absolute Gasteiger partial charge is 0.481 e. The van der Waals surface area contributed by atoms with Crippen molar-refractivity contribution in [3.63, 3.8) is 0 Å². The first-order chi connectivity index (χ1) is 11.6. The predicted molar refractivity (Wildman–Crippen MR) is 90.0 cm³/mol. The minimum Gasteiger partial charge on any atom is -0.481 e. The molecule has 2 amide bonds. The smallest absolute Gasteiger partial charge is 0.321 e. The van der Waals surface area contributed by atoms with Crippen LogP contribution in [-0.4, -0.2) is 28.6 Å². The Morgan fingerprint density at radius 2 is 2.04 bits per heavy atom. The van der Waals surface area contributed by atoms with Crippen LogP contribution in [0.25, 0.3) is 0 Å². The van der Waals surface area contributed by atoms with E-state index in [-0.39, 0.29) is 6.42 Å². The molecule has 8 heteroatoms.